The maximum atomic E-state index is 5.52. The second kappa shape index (κ2) is 4.65. The fourth-order valence-electron chi connectivity index (χ4n) is 1.27. The molecule has 0 spiro atoms. The second-order valence-electron chi connectivity index (χ2n) is 3.62. The molecule has 0 aliphatic heterocycles. The molecule has 0 aromatic carbocycles. The quantitative estimate of drug-likeness (QED) is 0.869. The van der Waals surface area contributed by atoms with E-state index < -0.39 is 0 Å². The molecule has 2 aromatic rings. The number of aromatic nitrogens is 3. The fraction of sp³-hybridized carbons (Fsp3) is 0.273. The molecule has 16 heavy (non-hydrogen) atoms. The summed E-state index contributed by atoms with van der Waals surface area (Å²) >= 11 is 3.34. The molecular formula is C11H12BrN3O. The molecule has 0 atom stereocenters. The molecule has 0 radical (unpaired) electrons. The predicted molar refractivity (Wildman–Crippen MR) is 64.8 cm³/mol. The van der Waals surface area contributed by atoms with Gasteiger partial charge in [-0.1, -0.05) is 0 Å². The van der Waals surface area contributed by atoms with Gasteiger partial charge in [0.15, 0.2) is 11.6 Å². The van der Waals surface area contributed by atoms with Crippen LogP contribution >= 0.6 is 15.9 Å². The van der Waals surface area contributed by atoms with Crippen molar-refractivity contribution in [1.82, 2.24) is 14.8 Å². The van der Waals surface area contributed by atoms with Gasteiger partial charge < -0.3 is 4.74 Å². The van der Waals surface area contributed by atoms with Gasteiger partial charge in [0.05, 0.1) is 18.5 Å². The minimum absolute atomic E-state index is 0.149. The summed E-state index contributed by atoms with van der Waals surface area (Å²) in [5, 5.41) is 4.18. The number of hydrogen-bond donors (Lipinski definition) is 0. The first-order valence-electron chi connectivity index (χ1n) is 4.98. The highest BCUT2D eigenvalue weighted by atomic mass is 79.9. The molecule has 2 heterocycles. The molecule has 0 bridgehead atoms. The summed E-state index contributed by atoms with van der Waals surface area (Å²) in [4.78, 5) is 4.24. The zero-order valence-electron chi connectivity index (χ0n) is 9.09. The lowest BCUT2D eigenvalue weighted by Gasteiger charge is -2.05. The van der Waals surface area contributed by atoms with E-state index in [4.69, 9.17) is 4.74 Å². The van der Waals surface area contributed by atoms with Crippen LogP contribution in [0.15, 0.2) is 35.2 Å². The number of ether oxygens (including phenoxy) is 1. The summed E-state index contributed by atoms with van der Waals surface area (Å²) in [6, 6.07) is 3.81. The van der Waals surface area contributed by atoms with Crippen LogP contribution in [0.5, 0.6) is 5.75 Å². The monoisotopic (exact) mass is 281 g/mol. The highest BCUT2D eigenvalue weighted by Crippen LogP contribution is 2.15. The van der Waals surface area contributed by atoms with Crippen LogP contribution in [0, 0.1) is 0 Å². The number of nitrogens with zero attached hydrogens (tertiary/aromatic N) is 3. The van der Waals surface area contributed by atoms with Gasteiger partial charge in [-0.15, -0.1) is 0 Å². The Balaban J connectivity index is 2.21. The van der Waals surface area contributed by atoms with Crippen molar-refractivity contribution in [3.8, 4) is 11.6 Å². The summed E-state index contributed by atoms with van der Waals surface area (Å²) in [5.74, 6) is 1.52. The van der Waals surface area contributed by atoms with Crippen molar-refractivity contribution in [2.75, 3.05) is 0 Å². The van der Waals surface area contributed by atoms with E-state index in [2.05, 4.69) is 26.0 Å². The maximum absolute atomic E-state index is 5.52. The first-order valence-corrected chi connectivity index (χ1v) is 5.78. The number of hydrogen-bond acceptors (Lipinski definition) is 3. The number of halogens is 1. The third kappa shape index (κ3) is 2.61. The molecule has 0 N–H and O–H groups in total. The second-order valence-corrected chi connectivity index (χ2v) is 4.54. The molecule has 2 rings (SSSR count). The van der Waals surface area contributed by atoms with Crippen LogP contribution in [-0.2, 0) is 0 Å². The van der Waals surface area contributed by atoms with E-state index >= 15 is 0 Å². The van der Waals surface area contributed by atoms with Crippen molar-refractivity contribution in [2.45, 2.75) is 20.0 Å². The average molecular weight is 282 g/mol. The molecule has 84 valence electrons. The molecule has 2 aromatic heterocycles. The van der Waals surface area contributed by atoms with Crippen molar-refractivity contribution < 1.29 is 4.74 Å². The molecule has 5 heteroatoms. The van der Waals surface area contributed by atoms with E-state index in [0.29, 0.717) is 0 Å². The van der Waals surface area contributed by atoms with Crippen LogP contribution < -0.4 is 4.74 Å². The SMILES string of the molecule is CC(C)Oc1cnn(-c2ccc(Br)cn2)c1. The largest absolute Gasteiger partial charge is 0.488 e. The van der Waals surface area contributed by atoms with Crippen LogP contribution in [0.1, 0.15) is 13.8 Å². The fourth-order valence-corrected chi connectivity index (χ4v) is 1.50. The maximum Gasteiger partial charge on any atom is 0.158 e. The zero-order chi connectivity index (χ0) is 11.5. The lowest BCUT2D eigenvalue weighted by Crippen LogP contribution is -2.04. The van der Waals surface area contributed by atoms with E-state index in [9.17, 15) is 0 Å². The van der Waals surface area contributed by atoms with Gasteiger partial charge >= 0.3 is 0 Å². The van der Waals surface area contributed by atoms with E-state index in [1.54, 1.807) is 17.1 Å². The Morgan fingerprint density at radius 1 is 1.31 bits per heavy atom. The minimum atomic E-state index is 0.149. The van der Waals surface area contributed by atoms with Crippen LogP contribution in [-0.4, -0.2) is 20.9 Å². The number of rotatable bonds is 3. The molecule has 0 amide bonds. The van der Waals surface area contributed by atoms with E-state index in [0.717, 1.165) is 16.0 Å². The van der Waals surface area contributed by atoms with Crippen molar-refractivity contribution in [2.24, 2.45) is 0 Å². The lowest BCUT2D eigenvalue weighted by atomic mass is 10.4. The highest BCUT2D eigenvalue weighted by molar-refractivity contribution is 9.10. The standard InChI is InChI=1S/C11H12BrN3O/c1-8(2)16-10-6-14-15(7-10)11-4-3-9(12)5-13-11/h3-8H,1-2H3. The van der Waals surface area contributed by atoms with Crippen LogP contribution in [0.4, 0.5) is 0 Å². The minimum Gasteiger partial charge on any atom is -0.488 e. The number of pyridine rings is 1. The van der Waals surface area contributed by atoms with Gasteiger partial charge in [-0.05, 0) is 41.9 Å². The Morgan fingerprint density at radius 2 is 2.12 bits per heavy atom. The van der Waals surface area contributed by atoms with E-state index in [1.165, 1.54) is 0 Å². The van der Waals surface area contributed by atoms with Gasteiger partial charge in [-0.3, -0.25) is 0 Å². The van der Waals surface area contributed by atoms with Gasteiger partial charge in [0, 0.05) is 10.7 Å². The Bertz CT molecular complexity index is 464. The molecule has 0 fully saturated rings. The van der Waals surface area contributed by atoms with E-state index in [-0.39, 0.29) is 6.10 Å². The van der Waals surface area contributed by atoms with Crippen molar-refractivity contribution in [1.29, 1.82) is 0 Å². The molecule has 0 saturated heterocycles. The normalized spacial score (nSPS) is 10.8. The summed E-state index contributed by atoms with van der Waals surface area (Å²) in [5.41, 5.74) is 0. The van der Waals surface area contributed by atoms with E-state index in [1.807, 2.05) is 32.2 Å². The summed E-state index contributed by atoms with van der Waals surface area (Å²) in [7, 11) is 0. The Kier molecular flexibility index (Phi) is 3.24. The zero-order valence-corrected chi connectivity index (χ0v) is 10.7. The molecule has 0 aliphatic carbocycles. The topological polar surface area (TPSA) is 39.9 Å². The van der Waals surface area contributed by atoms with Crippen LogP contribution in [0.25, 0.3) is 5.82 Å². The van der Waals surface area contributed by atoms with Crippen molar-refractivity contribution in [3.63, 3.8) is 0 Å². The van der Waals surface area contributed by atoms with Gasteiger partial charge in [-0.25, -0.2) is 9.67 Å². The first-order chi connectivity index (χ1) is 7.65. The molecule has 0 unspecified atom stereocenters. The lowest BCUT2D eigenvalue weighted by molar-refractivity contribution is 0.242. The molecule has 0 aliphatic rings. The van der Waals surface area contributed by atoms with Crippen molar-refractivity contribution in [3.05, 3.63) is 35.2 Å². The summed E-state index contributed by atoms with van der Waals surface area (Å²) in [6.45, 7) is 3.96. The van der Waals surface area contributed by atoms with Crippen LogP contribution in [0.3, 0.4) is 0 Å². The smallest absolute Gasteiger partial charge is 0.158 e. The van der Waals surface area contributed by atoms with Crippen molar-refractivity contribution >= 4 is 15.9 Å². The third-order valence-corrected chi connectivity index (χ3v) is 2.35. The Labute approximate surface area is 102 Å². The third-order valence-electron chi connectivity index (χ3n) is 1.88. The Hall–Kier alpha value is -1.36. The predicted octanol–water partition coefficient (Wildman–Crippen LogP) is 2.82. The van der Waals surface area contributed by atoms with Gasteiger partial charge in [0.2, 0.25) is 0 Å². The first kappa shape index (κ1) is 11.1. The highest BCUT2D eigenvalue weighted by Gasteiger charge is 2.04. The van der Waals surface area contributed by atoms with Gasteiger partial charge in [0.25, 0.3) is 0 Å². The van der Waals surface area contributed by atoms with Gasteiger partial charge in [-0.2, -0.15) is 5.10 Å². The molecular weight excluding hydrogens is 270 g/mol. The van der Waals surface area contributed by atoms with Gasteiger partial charge in [0.1, 0.15) is 0 Å². The average Bonchev–Trinajstić information content (AvgIpc) is 2.66. The summed E-state index contributed by atoms with van der Waals surface area (Å²) < 4.78 is 8.15. The molecule has 4 nitrogen and oxygen atoms in total. The Morgan fingerprint density at radius 3 is 2.75 bits per heavy atom. The summed E-state index contributed by atoms with van der Waals surface area (Å²) in [6.07, 6.45) is 5.38. The molecule has 0 saturated carbocycles. The van der Waals surface area contributed by atoms with Crippen LogP contribution in [0.2, 0.25) is 0 Å².